The molecule has 5 heteroatoms. The van der Waals surface area contributed by atoms with E-state index in [2.05, 4.69) is 41.8 Å². The van der Waals surface area contributed by atoms with Gasteiger partial charge in [-0.2, -0.15) is 5.10 Å². The second kappa shape index (κ2) is 9.03. The highest BCUT2D eigenvalue weighted by Crippen LogP contribution is 2.17. The van der Waals surface area contributed by atoms with Gasteiger partial charge in [-0.3, -0.25) is 5.43 Å². The number of hydrogen-bond donors (Lipinski definition) is 2. The molecule has 0 spiro atoms. The third-order valence-corrected chi connectivity index (χ3v) is 3.60. The Bertz CT molecular complexity index is 679. The zero-order chi connectivity index (χ0) is 17.4. The largest absolute Gasteiger partial charge is 0.494 e. The Labute approximate surface area is 148 Å². The average Bonchev–Trinajstić information content (AvgIpc) is 2.57. The van der Waals surface area contributed by atoms with Crippen LogP contribution in [0.15, 0.2) is 53.6 Å². The van der Waals surface area contributed by atoms with E-state index in [0.717, 1.165) is 17.0 Å². The van der Waals surface area contributed by atoms with Crippen molar-refractivity contribution < 1.29 is 4.74 Å². The Morgan fingerprint density at radius 3 is 2.38 bits per heavy atom. The minimum absolute atomic E-state index is 0.453. The molecule has 2 aromatic carbocycles. The van der Waals surface area contributed by atoms with E-state index < -0.39 is 0 Å². The second-order valence-corrected chi connectivity index (χ2v) is 6.01. The van der Waals surface area contributed by atoms with Gasteiger partial charge in [0.05, 0.1) is 12.8 Å². The highest BCUT2D eigenvalue weighted by molar-refractivity contribution is 7.80. The van der Waals surface area contributed by atoms with Gasteiger partial charge in [0.2, 0.25) is 0 Å². The predicted octanol–water partition coefficient (Wildman–Crippen LogP) is 4.53. The van der Waals surface area contributed by atoms with E-state index in [1.165, 1.54) is 5.56 Å². The molecule has 0 aliphatic rings. The van der Waals surface area contributed by atoms with E-state index in [9.17, 15) is 0 Å². The minimum atomic E-state index is 0.453. The summed E-state index contributed by atoms with van der Waals surface area (Å²) in [4.78, 5) is 0. The van der Waals surface area contributed by atoms with Gasteiger partial charge in [0.25, 0.3) is 0 Å². The molecule has 0 saturated heterocycles. The second-order valence-electron chi connectivity index (χ2n) is 5.60. The zero-order valence-electron chi connectivity index (χ0n) is 14.2. The van der Waals surface area contributed by atoms with Crippen LogP contribution in [-0.2, 0) is 0 Å². The van der Waals surface area contributed by atoms with Crippen LogP contribution in [0.4, 0.5) is 5.69 Å². The van der Waals surface area contributed by atoms with Gasteiger partial charge in [0, 0.05) is 5.69 Å². The maximum absolute atomic E-state index is 5.40. The van der Waals surface area contributed by atoms with E-state index in [1.807, 2.05) is 43.3 Å². The molecule has 0 amide bonds. The number of nitrogens with one attached hydrogen (secondary N) is 2. The number of hydrazone groups is 1. The molecule has 0 aliphatic carbocycles. The van der Waals surface area contributed by atoms with Crippen LogP contribution >= 0.6 is 12.2 Å². The molecule has 2 rings (SSSR count). The van der Waals surface area contributed by atoms with Gasteiger partial charge in [-0.25, -0.2) is 0 Å². The fourth-order valence-electron chi connectivity index (χ4n) is 2.09. The molecular weight excluding hydrogens is 318 g/mol. The van der Waals surface area contributed by atoms with Crippen molar-refractivity contribution in [1.82, 2.24) is 5.43 Å². The molecule has 4 nitrogen and oxygen atoms in total. The number of nitrogens with zero attached hydrogens (tertiary/aromatic N) is 1. The molecule has 24 heavy (non-hydrogen) atoms. The lowest BCUT2D eigenvalue weighted by Crippen LogP contribution is -2.23. The van der Waals surface area contributed by atoms with Gasteiger partial charge in [0.1, 0.15) is 5.75 Å². The molecule has 0 heterocycles. The number of ether oxygens (including phenoxy) is 1. The Morgan fingerprint density at radius 2 is 1.79 bits per heavy atom. The fourth-order valence-corrected chi connectivity index (χ4v) is 2.26. The molecule has 0 bridgehead atoms. The van der Waals surface area contributed by atoms with Gasteiger partial charge in [0.15, 0.2) is 5.11 Å². The van der Waals surface area contributed by atoms with Crippen molar-refractivity contribution in [1.29, 1.82) is 0 Å². The van der Waals surface area contributed by atoms with Gasteiger partial charge < -0.3 is 10.1 Å². The van der Waals surface area contributed by atoms with Crippen molar-refractivity contribution in [3.63, 3.8) is 0 Å². The Kier molecular flexibility index (Phi) is 6.75. The maximum atomic E-state index is 5.40. The first-order chi connectivity index (χ1) is 11.6. The van der Waals surface area contributed by atoms with Crippen LogP contribution in [0.2, 0.25) is 0 Å². The summed E-state index contributed by atoms with van der Waals surface area (Å²) in [5, 5.41) is 7.70. The summed E-state index contributed by atoms with van der Waals surface area (Å²) in [6.07, 6.45) is 1.71. The topological polar surface area (TPSA) is 45.6 Å². The van der Waals surface area contributed by atoms with E-state index in [-0.39, 0.29) is 0 Å². The fraction of sp³-hybridized carbons (Fsp3) is 0.263. The summed E-state index contributed by atoms with van der Waals surface area (Å²) in [5.74, 6) is 1.37. The van der Waals surface area contributed by atoms with Crippen molar-refractivity contribution in [3.8, 4) is 5.75 Å². The van der Waals surface area contributed by atoms with Crippen LogP contribution in [0, 0.1) is 0 Å². The van der Waals surface area contributed by atoms with Gasteiger partial charge in [-0.15, -0.1) is 0 Å². The molecule has 0 aliphatic heterocycles. The lowest BCUT2D eigenvalue weighted by molar-refractivity contribution is 0.340. The lowest BCUT2D eigenvalue weighted by Gasteiger charge is -2.09. The molecule has 0 fully saturated rings. The molecule has 0 atom stereocenters. The van der Waals surface area contributed by atoms with Crippen LogP contribution in [-0.4, -0.2) is 17.9 Å². The Hall–Kier alpha value is -2.40. The van der Waals surface area contributed by atoms with Crippen molar-refractivity contribution >= 4 is 29.2 Å². The maximum Gasteiger partial charge on any atom is 0.191 e. The number of anilines is 1. The molecule has 0 unspecified atom stereocenters. The Balaban J connectivity index is 1.83. The highest BCUT2D eigenvalue weighted by atomic mass is 32.1. The van der Waals surface area contributed by atoms with E-state index in [1.54, 1.807) is 6.21 Å². The summed E-state index contributed by atoms with van der Waals surface area (Å²) in [7, 11) is 0. The predicted molar refractivity (Wildman–Crippen MR) is 105 cm³/mol. The first kappa shape index (κ1) is 17.9. The van der Waals surface area contributed by atoms with Crippen LogP contribution in [0.25, 0.3) is 0 Å². The van der Waals surface area contributed by atoms with Gasteiger partial charge in [-0.05, 0) is 72.6 Å². The molecule has 126 valence electrons. The van der Waals surface area contributed by atoms with Crippen molar-refractivity contribution in [3.05, 3.63) is 59.7 Å². The highest BCUT2D eigenvalue weighted by Gasteiger charge is 2.00. The van der Waals surface area contributed by atoms with Gasteiger partial charge in [-0.1, -0.05) is 26.0 Å². The van der Waals surface area contributed by atoms with Crippen LogP contribution in [0.5, 0.6) is 5.75 Å². The standard InChI is InChI=1S/C19H23N3OS/c1-4-23-18-11-5-15(6-12-18)13-20-22-19(24)21-17-9-7-16(8-10-17)14(2)3/h5-14H,4H2,1-3H3,(H2,21,22,24)/b20-13-. The third kappa shape index (κ3) is 5.66. The van der Waals surface area contributed by atoms with Crippen molar-refractivity contribution in [2.24, 2.45) is 5.10 Å². The van der Waals surface area contributed by atoms with Crippen LogP contribution in [0.1, 0.15) is 37.8 Å². The molecule has 0 saturated carbocycles. The minimum Gasteiger partial charge on any atom is -0.494 e. The lowest BCUT2D eigenvalue weighted by atomic mass is 10.0. The average molecular weight is 341 g/mol. The molecule has 2 aromatic rings. The number of thiocarbonyl (C=S) groups is 1. The van der Waals surface area contributed by atoms with E-state index >= 15 is 0 Å². The smallest absolute Gasteiger partial charge is 0.191 e. The van der Waals surface area contributed by atoms with Crippen molar-refractivity contribution in [2.45, 2.75) is 26.7 Å². The molecule has 2 N–H and O–H groups in total. The summed E-state index contributed by atoms with van der Waals surface area (Å²) < 4.78 is 5.40. The SMILES string of the molecule is CCOc1ccc(/C=N\NC(=S)Nc2ccc(C(C)C)cc2)cc1. The molecular formula is C19H23N3OS. The van der Waals surface area contributed by atoms with Crippen LogP contribution in [0.3, 0.4) is 0 Å². The normalized spacial score (nSPS) is 10.8. The third-order valence-electron chi connectivity index (χ3n) is 3.41. The Morgan fingerprint density at radius 1 is 1.12 bits per heavy atom. The summed E-state index contributed by atoms with van der Waals surface area (Å²) in [6, 6.07) is 15.9. The number of benzene rings is 2. The first-order valence-electron chi connectivity index (χ1n) is 8.01. The van der Waals surface area contributed by atoms with E-state index in [4.69, 9.17) is 17.0 Å². The van der Waals surface area contributed by atoms with Crippen molar-refractivity contribution in [2.75, 3.05) is 11.9 Å². The molecule has 0 aromatic heterocycles. The quantitative estimate of drug-likeness (QED) is 0.460. The number of rotatable bonds is 6. The van der Waals surface area contributed by atoms with Crippen LogP contribution < -0.4 is 15.5 Å². The first-order valence-corrected chi connectivity index (χ1v) is 8.42. The monoisotopic (exact) mass is 341 g/mol. The zero-order valence-corrected chi connectivity index (χ0v) is 15.1. The number of hydrogen-bond acceptors (Lipinski definition) is 3. The summed E-state index contributed by atoms with van der Waals surface area (Å²) in [5.41, 5.74) is 6.02. The summed E-state index contributed by atoms with van der Waals surface area (Å²) >= 11 is 5.24. The van der Waals surface area contributed by atoms with E-state index in [0.29, 0.717) is 17.6 Å². The summed E-state index contributed by atoms with van der Waals surface area (Å²) in [6.45, 7) is 6.96. The van der Waals surface area contributed by atoms with Gasteiger partial charge >= 0.3 is 0 Å². The molecule has 0 radical (unpaired) electrons.